The third kappa shape index (κ3) is 0.799. The van der Waals surface area contributed by atoms with Crippen molar-refractivity contribution in [3.63, 3.8) is 0 Å². The SMILES string of the molecule is CC1=CCC[C@@]23C(=O)O[C@H]4[C@@H]2[C@@H](C1=O)[C@@H]3C4(C)C. The summed E-state index contributed by atoms with van der Waals surface area (Å²) < 4.78 is 5.61. The maximum Gasteiger partial charge on any atom is 0.313 e. The van der Waals surface area contributed by atoms with Crippen molar-refractivity contribution in [2.45, 2.75) is 39.7 Å². The quantitative estimate of drug-likeness (QED) is 0.615. The molecule has 0 amide bonds. The fourth-order valence-corrected chi connectivity index (χ4v) is 5.50. The van der Waals surface area contributed by atoms with Crippen molar-refractivity contribution in [2.75, 3.05) is 0 Å². The van der Waals surface area contributed by atoms with E-state index in [0.717, 1.165) is 18.4 Å². The standard InChI is InChI=1S/C15H18O3/c1-7-5-4-6-15-9-8(10(7)16)11(15)14(2,3)12(9)18-13(15)17/h5,8-9,11-12H,4,6H2,1-3H3/t8-,9-,11+,12-,15+/m0/s1. The number of allylic oxidation sites excluding steroid dienone is 2. The predicted octanol–water partition coefficient (Wildman–Crippen LogP) is 2.11. The molecule has 4 fully saturated rings. The Morgan fingerprint density at radius 1 is 1.33 bits per heavy atom. The lowest BCUT2D eigenvalue weighted by molar-refractivity contribution is -0.180. The van der Waals surface area contributed by atoms with E-state index >= 15 is 0 Å². The lowest BCUT2D eigenvalue weighted by Gasteiger charge is -2.53. The number of hydrogen-bond acceptors (Lipinski definition) is 3. The second kappa shape index (κ2) is 2.73. The van der Waals surface area contributed by atoms with Crippen LogP contribution < -0.4 is 0 Å². The van der Waals surface area contributed by atoms with E-state index in [2.05, 4.69) is 13.8 Å². The average Bonchev–Trinajstić information content (AvgIpc) is 2.69. The smallest absolute Gasteiger partial charge is 0.313 e. The molecule has 5 bridgehead atoms. The van der Waals surface area contributed by atoms with Gasteiger partial charge in [0.2, 0.25) is 0 Å². The van der Waals surface area contributed by atoms with Gasteiger partial charge in [0.15, 0.2) is 5.78 Å². The molecule has 3 nitrogen and oxygen atoms in total. The molecule has 6 aliphatic rings. The van der Waals surface area contributed by atoms with Crippen LogP contribution >= 0.6 is 0 Å². The molecule has 1 heterocycles. The van der Waals surface area contributed by atoms with Gasteiger partial charge in [-0.1, -0.05) is 19.9 Å². The highest BCUT2D eigenvalue weighted by atomic mass is 16.6. The number of esters is 1. The van der Waals surface area contributed by atoms with Gasteiger partial charge in [0, 0.05) is 17.3 Å². The first-order chi connectivity index (χ1) is 8.42. The molecule has 0 N–H and O–H groups in total. The summed E-state index contributed by atoms with van der Waals surface area (Å²) in [6.07, 6.45) is 3.66. The number of ether oxygens (including phenoxy) is 1. The van der Waals surface area contributed by atoms with Crippen molar-refractivity contribution in [2.24, 2.45) is 28.6 Å². The highest BCUT2D eigenvalue weighted by molar-refractivity contribution is 6.01. The van der Waals surface area contributed by atoms with E-state index in [0.29, 0.717) is 0 Å². The lowest BCUT2D eigenvalue weighted by Crippen LogP contribution is -2.59. The van der Waals surface area contributed by atoms with E-state index < -0.39 is 0 Å². The Kier molecular flexibility index (Phi) is 1.63. The Morgan fingerprint density at radius 2 is 2.06 bits per heavy atom. The van der Waals surface area contributed by atoms with Gasteiger partial charge >= 0.3 is 5.97 Å². The molecule has 1 saturated heterocycles. The van der Waals surface area contributed by atoms with Crippen molar-refractivity contribution < 1.29 is 14.3 Å². The van der Waals surface area contributed by atoms with Gasteiger partial charge in [-0.15, -0.1) is 0 Å². The number of fused-ring (bicyclic) bond motifs is 3. The number of Topliss-reactive ketones (excluding diaryl/α,β-unsaturated/α-hetero) is 1. The van der Waals surface area contributed by atoms with Gasteiger partial charge in [-0.2, -0.15) is 0 Å². The molecule has 0 aromatic carbocycles. The Hall–Kier alpha value is -1.12. The van der Waals surface area contributed by atoms with Gasteiger partial charge < -0.3 is 4.74 Å². The summed E-state index contributed by atoms with van der Waals surface area (Å²) >= 11 is 0. The lowest BCUT2D eigenvalue weighted by atomic mass is 9.46. The average molecular weight is 246 g/mol. The van der Waals surface area contributed by atoms with Crippen LogP contribution in [0.4, 0.5) is 0 Å². The molecule has 5 aliphatic carbocycles. The van der Waals surface area contributed by atoms with E-state index in [9.17, 15) is 9.59 Å². The Morgan fingerprint density at radius 3 is 2.72 bits per heavy atom. The molecule has 0 aromatic rings. The van der Waals surface area contributed by atoms with Gasteiger partial charge in [-0.25, -0.2) is 0 Å². The predicted molar refractivity (Wildman–Crippen MR) is 64.6 cm³/mol. The van der Waals surface area contributed by atoms with Crippen molar-refractivity contribution in [3.8, 4) is 0 Å². The Labute approximate surface area is 107 Å². The number of carbonyl (C=O) groups excluding carboxylic acids is 2. The van der Waals surface area contributed by atoms with Gasteiger partial charge in [0.25, 0.3) is 0 Å². The first kappa shape index (κ1) is 10.8. The molecule has 96 valence electrons. The van der Waals surface area contributed by atoms with E-state index in [1.165, 1.54) is 0 Å². The number of rotatable bonds is 0. The maximum atomic E-state index is 12.5. The number of ketones is 1. The minimum Gasteiger partial charge on any atom is -0.461 e. The second-order valence-corrected chi connectivity index (χ2v) is 7.01. The van der Waals surface area contributed by atoms with Crippen LogP contribution in [0.25, 0.3) is 0 Å². The summed E-state index contributed by atoms with van der Waals surface area (Å²) in [4.78, 5) is 24.7. The van der Waals surface area contributed by atoms with Crippen molar-refractivity contribution in [1.82, 2.24) is 0 Å². The summed E-state index contributed by atoms with van der Waals surface area (Å²) in [6.45, 7) is 6.24. The van der Waals surface area contributed by atoms with Crippen LogP contribution in [0, 0.1) is 28.6 Å². The molecule has 3 heteroatoms. The Bertz CT molecular complexity index is 516. The molecular weight excluding hydrogens is 228 g/mol. The topological polar surface area (TPSA) is 43.4 Å². The minimum absolute atomic E-state index is 0.0289. The molecule has 6 rings (SSSR count). The first-order valence-corrected chi connectivity index (χ1v) is 6.84. The number of carbonyl (C=O) groups is 2. The number of hydrogen-bond donors (Lipinski definition) is 0. The van der Waals surface area contributed by atoms with E-state index in [-0.39, 0.29) is 46.4 Å². The fraction of sp³-hybridized carbons (Fsp3) is 0.733. The monoisotopic (exact) mass is 246 g/mol. The molecule has 0 unspecified atom stereocenters. The van der Waals surface area contributed by atoms with Crippen molar-refractivity contribution in [3.05, 3.63) is 11.6 Å². The zero-order valence-electron chi connectivity index (χ0n) is 11.0. The van der Waals surface area contributed by atoms with Gasteiger partial charge in [0.05, 0.1) is 5.41 Å². The van der Waals surface area contributed by atoms with Crippen LogP contribution in [0.15, 0.2) is 11.6 Å². The molecule has 3 saturated carbocycles. The van der Waals surface area contributed by atoms with Crippen molar-refractivity contribution >= 4 is 11.8 Å². The Balaban J connectivity index is 1.91. The van der Waals surface area contributed by atoms with E-state index in [1.54, 1.807) is 0 Å². The highest BCUT2D eigenvalue weighted by Gasteiger charge is 2.86. The minimum atomic E-state index is -0.328. The highest BCUT2D eigenvalue weighted by Crippen LogP contribution is 2.79. The summed E-state index contributed by atoms with van der Waals surface area (Å²) in [5.41, 5.74) is 0.525. The fourth-order valence-electron chi connectivity index (χ4n) is 5.50. The van der Waals surface area contributed by atoms with E-state index in [1.807, 2.05) is 13.0 Å². The van der Waals surface area contributed by atoms with Crippen LogP contribution in [0.5, 0.6) is 0 Å². The zero-order valence-corrected chi connectivity index (χ0v) is 11.0. The molecule has 1 aliphatic heterocycles. The molecule has 0 radical (unpaired) electrons. The largest absolute Gasteiger partial charge is 0.461 e. The van der Waals surface area contributed by atoms with Crippen LogP contribution in [-0.2, 0) is 14.3 Å². The summed E-state index contributed by atoms with van der Waals surface area (Å²) in [6, 6.07) is 0. The molecule has 0 aromatic heterocycles. The summed E-state index contributed by atoms with van der Waals surface area (Å²) in [5.74, 6) is 0.625. The van der Waals surface area contributed by atoms with Crippen LogP contribution in [0.2, 0.25) is 0 Å². The van der Waals surface area contributed by atoms with Gasteiger partial charge in [-0.3, -0.25) is 9.59 Å². The van der Waals surface area contributed by atoms with Gasteiger partial charge in [0.1, 0.15) is 6.10 Å². The third-order valence-electron chi connectivity index (χ3n) is 6.07. The molecule has 18 heavy (non-hydrogen) atoms. The first-order valence-electron chi connectivity index (χ1n) is 6.84. The van der Waals surface area contributed by atoms with Crippen LogP contribution in [0.1, 0.15) is 33.6 Å². The third-order valence-corrected chi connectivity index (χ3v) is 6.07. The van der Waals surface area contributed by atoms with Crippen LogP contribution in [-0.4, -0.2) is 17.9 Å². The maximum absolute atomic E-state index is 12.5. The summed E-state index contributed by atoms with van der Waals surface area (Å²) in [5, 5.41) is 0. The summed E-state index contributed by atoms with van der Waals surface area (Å²) in [7, 11) is 0. The second-order valence-electron chi connectivity index (χ2n) is 7.01. The normalized spacial score (nSPS) is 51.2. The van der Waals surface area contributed by atoms with Crippen LogP contribution in [0.3, 0.4) is 0 Å². The molecule has 5 atom stereocenters. The zero-order chi connectivity index (χ0) is 12.9. The molecule has 1 spiro atoms. The van der Waals surface area contributed by atoms with E-state index in [4.69, 9.17) is 4.74 Å². The van der Waals surface area contributed by atoms with Gasteiger partial charge in [-0.05, 0) is 31.3 Å². The molecular formula is C15H18O3. The van der Waals surface area contributed by atoms with Crippen molar-refractivity contribution in [1.29, 1.82) is 0 Å².